The van der Waals surface area contributed by atoms with Crippen LogP contribution in [0.3, 0.4) is 0 Å². The predicted octanol–water partition coefficient (Wildman–Crippen LogP) is 0.0155. The minimum absolute atomic E-state index is 0.469. The number of carboxylic acid groups (broad SMARTS) is 1. The first-order chi connectivity index (χ1) is 6.09. The number of aliphatic carboxylic acids is 1. The summed E-state index contributed by atoms with van der Waals surface area (Å²) in [6, 6.07) is 1.76. The van der Waals surface area contributed by atoms with Crippen molar-refractivity contribution in [3.8, 4) is 0 Å². The molecule has 0 aromatic carbocycles. The van der Waals surface area contributed by atoms with Crippen molar-refractivity contribution in [2.45, 2.75) is 24.3 Å². The van der Waals surface area contributed by atoms with E-state index in [1.54, 1.807) is 19.2 Å². The third-order valence-electron chi connectivity index (χ3n) is 1.39. The number of carbonyl (C=O) groups is 1. The zero-order chi connectivity index (χ0) is 9.84. The highest BCUT2D eigenvalue weighted by molar-refractivity contribution is 8.00. The van der Waals surface area contributed by atoms with E-state index in [1.807, 2.05) is 6.92 Å². The van der Waals surface area contributed by atoms with Gasteiger partial charge in [-0.2, -0.15) is 0 Å². The molecule has 0 fully saturated rings. The van der Waals surface area contributed by atoms with Crippen LogP contribution in [0.2, 0.25) is 0 Å². The van der Waals surface area contributed by atoms with Crippen LogP contribution in [0.4, 0.5) is 0 Å². The maximum atomic E-state index is 10.4. The molecule has 1 aromatic rings. The molecule has 1 heterocycles. The molecule has 1 atom stereocenters. The van der Waals surface area contributed by atoms with Crippen LogP contribution in [-0.2, 0) is 4.79 Å². The molecule has 70 valence electrons. The second-order valence-corrected chi connectivity index (χ2v) is 3.87. The van der Waals surface area contributed by atoms with E-state index in [0.717, 1.165) is 17.5 Å². The van der Waals surface area contributed by atoms with Crippen LogP contribution in [0.5, 0.6) is 0 Å². The lowest BCUT2D eigenvalue weighted by atomic mass is 10.5. The van der Waals surface area contributed by atoms with Crippen molar-refractivity contribution < 1.29 is 9.90 Å². The van der Waals surface area contributed by atoms with Crippen LogP contribution in [-0.4, -0.2) is 21.2 Å². The average molecular weight is 197 g/mol. The molecule has 5 heteroatoms. The molecule has 0 N–H and O–H groups in total. The highest BCUT2D eigenvalue weighted by Gasteiger charge is 2.06. The predicted molar refractivity (Wildman–Crippen MR) is 47.1 cm³/mol. The van der Waals surface area contributed by atoms with Crippen molar-refractivity contribution >= 4 is 17.7 Å². The lowest BCUT2D eigenvalue weighted by molar-refractivity contribution is -0.304. The maximum absolute atomic E-state index is 10.4. The van der Waals surface area contributed by atoms with E-state index in [9.17, 15) is 9.90 Å². The van der Waals surface area contributed by atoms with Crippen molar-refractivity contribution in [3.05, 3.63) is 18.0 Å². The van der Waals surface area contributed by atoms with Gasteiger partial charge in [0.25, 0.3) is 0 Å². The first-order valence-corrected chi connectivity index (χ1v) is 4.64. The number of carboxylic acids is 1. The lowest BCUT2D eigenvalue weighted by Crippen LogP contribution is -2.31. The zero-order valence-corrected chi connectivity index (χ0v) is 8.17. The summed E-state index contributed by atoms with van der Waals surface area (Å²) in [6.07, 6.45) is 1.60. The fraction of sp³-hybridized carbons (Fsp3) is 0.375. The molecule has 0 radical (unpaired) electrons. The topological polar surface area (TPSA) is 65.9 Å². The van der Waals surface area contributed by atoms with E-state index in [0.29, 0.717) is 5.16 Å². The quantitative estimate of drug-likeness (QED) is 0.504. The van der Waals surface area contributed by atoms with Gasteiger partial charge in [-0.25, -0.2) is 9.97 Å². The number of hydrogen-bond donors (Lipinski definition) is 0. The normalized spacial score (nSPS) is 12.5. The van der Waals surface area contributed by atoms with Crippen molar-refractivity contribution in [1.29, 1.82) is 0 Å². The number of aryl methyl sites for hydroxylation is 1. The summed E-state index contributed by atoms with van der Waals surface area (Å²) in [7, 11) is 0. The minimum Gasteiger partial charge on any atom is -0.549 e. The third-order valence-corrected chi connectivity index (χ3v) is 2.34. The number of rotatable bonds is 3. The van der Waals surface area contributed by atoms with Gasteiger partial charge in [-0.15, -0.1) is 0 Å². The lowest BCUT2D eigenvalue weighted by Gasteiger charge is -2.10. The highest BCUT2D eigenvalue weighted by atomic mass is 32.2. The van der Waals surface area contributed by atoms with Gasteiger partial charge in [-0.05, 0) is 19.9 Å². The molecule has 0 bridgehead atoms. The van der Waals surface area contributed by atoms with E-state index in [1.165, 1.54) is 0 Å². The third kappa shape index (κ3) is 3.02. The van der Waals surface area contributed by atoms with Crippen LogP contribution in [0.15, 0.2) is 17.4 Å². The monoisotopic (exact) mass is 197 g/mol. The van der Waals surface area contributed by atoms with Crippen LogP contribution in [0.1, 0.15) is 12.6 Å². The van der Waals surface area contributed by atoms with Crippen LogP contribution < -0.4 is 5.11 Å². The highest BCUT2D eigenvalue weighted by Crippen LogP contribution is 2.17. The van der Waals surface area contributed by atoms with E-state index in [-0.39, 0.29) is 0 Å². The molecule has 0 aliphatic rings. The molecule has 0 unspecified atom stereocenters. The number of aromatic nitrogens is 2. The summed E-state index contributed by atoms with van der Waals surface area (Å²) < 4.78 is 0. The van der Waals surface area contributed by atoms with Gasteiger partial charge >= 0.3 is 0 Å². The van der Waals surface area contributed by atoms with Gasteiger partial charge < -0.3 is 9.90 Å². The Morgan fingerprint density at radius 3 is 2.92 bits per heavy atom. The van der Waals surface area contributed by atoms with Crippen molar-refractivity contribution in [1.82, 2.24) is 9.97 Å². The first-order valence-electron chi connectivity index (χ1n) is 3.77. The SMILES string of the molecule is Cc1ccnc(S[C@H](C)C(=O)[O-])n1. The van der Waals surface area contributed by atoms with Gasteiger partial charge in [0.15, 0.2) is 5.16 Å². The Bertz CT molecular complexity index is 317. The molecule has 0 aliphatic carbocycles. The van der Waals surface area contributed by atoms with Gasteiger partial charge in [-0.3, -0.25) is 0 Å². The Kier molecular flexibility index (Phi) is 3.25. The number of hydrogen-bond acceptors (Lipinski definition) is 5. The Morgan fingerprint density at radius 1 is 1.69 bits per heavy atom. The molecule has 0 saturated heterocycles. The van der Waals surface area contributed by atoms with Gasteiger partial charge in [0.1, 0.15) is 0 Å². The van der Waals surface area contributed by atoms with Crippen molar-refractivity contribution in [2.75, 3.05) is 0 Å². The van der Waals surface area contributed by atoms with E-state index in [4.69, 9.17) is 0 Å². The molecule has 0 amide bonds. The molecule has 0 spiro atoms. The molecular weight excluding hydrogens is 188 g/mol. The number of carbonyl (C=O) groups excluding carboxylic acids is 1. The average Bonchev–Trinajstić information content (AvgIpc) is 2.04. The molecule has 0 aliphatic heterocycles. The number of nitrogens with zero attached hydrogens (tertiary/aromatic N) is 2. The largest absolute Gasteiger partial charge is 0.549 e. The maximum Gasteiger partial charge on any atom is 0.188 e. The van der Waals surface area contributed by atoms with Gasteiger partial charge in [0.2, 0.25) is 0 Å². The Balaban J connectivity index is 2.69. The van der Waals surface area contributed by atoms with Crippen LogP contribution in [0.25, 0.3) is 0 Å². The number of thioether (sulfide) groups is 1. The Labute approximate surface area is 80.4 Å². The fourth-order valence-electron chi connectivity index (χ4n) is 0.689. The summed E-state index contributed by atoms with van der Waals surface area (Å²) in [5, 5.41) is 10.2. The second kappa shape index (κ2) is 4.23. The fourth-order valence-corrected chi connectivity index (χ4v) is 1.42. The summed E-state index contributed by atoms with van der Waals surface area (Å²) >= 11 is 1.08. The molecule has 1 aromatic heterocycles. The van der Waals surface area contributed by atoms with Gasteiger partial charge in [-0.1, -0.05) is 11.8 Å². The molecule has 13 heavy (non-hydrogen) atoms. The van der Waals surface area contributed by atoms with Gasteiger partial charge in [0.05, 0.1) is 5.97 Å². The molecular formula is C8H9N2O2S-. The van der Waals surface area contributed by atoms with E-state index >= 15 is 0 Å². The van der Waals surface area contributed by atoms with Crippen molar-refractivity contribution in [3.63, 3.8) is 0 Å². The summed E-state index contributed by atoms with van der Waals surface area (Å²) in [5.41, 5.74) is 0.822. The van der Waals surface area contributed by atoms with Crippen LogP contribution >= 0.6 is 11.8 Å². The summed E-state index contributed by atoms with van der Waals surface area (Å²) in [4.78, 5) is 18.4. The summed E-state index contributed by atoms with van der Waals surface area (Å²) in [5.74, 6) is -1.10. The molecule has 0 saturated carbocycles. The zero-order valence-electron chi connectivity index (χ0n) is 7.35. The van der Waals surface area contributed by atoms with Gasteiger partial charge in [0, 0.05) is 17.1 Å². The van der Waals surface area contributed by atoms with Crippen molar-refractivity contribution in [2.24, 2.45) is 0 Å². The summed E-state index contributed by atoms with van der Waals surface area (Å²) in [6.45, 7) is 3.38. The Morgan fingerprint density at radius 2 is 2.38 bits per heavy atom. The first kappa shape index (κ1) is 9.98. The standard InChI is InChI=1S/C8H10N2O2S/c1-5-3-4-9-8(10-5)13-6(2)7(11)12/h3-4,6H,1-2H3,(H,11,12)/p-1/t6-/m1/s1. The van der Waals surface area contributed by atoms with E-state index < -0.39 is 11.2 Å². The smallest absolute Gasteiger partial charge is 0.188 e. The molecule has 1 rings (SSSR count). The minimum atomic E-state index is -1.10. The van der Waals surface area contributed by atoms with Crippen LogP contribution in [0, 0.1) is 6.92 Å². The Hall–Kier alpha value is -1.10. The molecule has 4 nitrogen and oxygen atoms in total. The second-order valence-electron chi connectivity index (χ2n) is 2.56. The van der Waals surface area contributed by atoms with E-state index in [2.05, 4.69) is 9.97 Å².